The fourth-order valence-corrected chi connectivity index (χ4v) is 5.95. The molecule has 0 saturated heterocycles. The summed E-state index contributed by atoms with van der Waals surface area (Å²) in [6.07, 6.45) is 6.76. The lowest BCUT2D eigenvalue weighted by Crippen LogP contribution is -2.61. The summed E-state index contributed by atoms with van der Waals surface area (Å²) >= 11 is 3.38. The van der Waals surface area contributed by atoms with Gasteiger partial charge in [0.25, 0.3) is 5.91 Å². The number of hydrogen-bond donors (Lipinski definition) is 1. The minimum Gasteiger partial charge on any atom is -0.452 e. The van der Waals surface area contributed by atoms with Gasteiger partial charge in [-0.25, -0.2) is 0 Å². The van der Waals surface area contributed by atoms with E-state index in [1.807, 2.05) is 24.3 Å². The average Bonchev–Trinajstić information content (AvgIpc) is 2.55. The van der Waals surface area contributed by atoms with E-state index in [1.54, 1.807) is 6.92 Å². The molecule has 4 nitrogen and oxygen atoms in total. The minimum atomic E-state index is -0.744. The maximum absolute atomic E-state index is 12.7. The van der Waals surface area contributed by atoms with Crippen LogP contribution in [0, 0.1) is 17.8 Å². The maximum Gasteiger partial charge on any atom is 0.311 e. The molecule has 0 unspecified atom stereocenters. The van der Waals surface area contributed by atoms with Gasteiger partial charge in [0.2, 0.25) is 0 Å². The quantitative estimate of drug-likeness (QED) is 0.733. The summed E-state index contributed by atoms with van der Waals surface area (Å²) in [6.45, 7) is 1.68. The first-order valence-electron chi connectivity index (χ1n) is 9.67. The third kappa shape index (κ3) is 3.83. The molecule has 4 saturated carbocycles. The molecule has 4 aliphatic carbocycles. The molecular formula is C21H26BrNO3. The number of rotatable bonds is 5. The Kier molecular flexibility index (Phi) is 4.84. The monoisotopic (exact) mass is 419 g/mol. The van der Waals surface area contributed by atoms with Gasteiger partial charge in [-0.3, -0.25) is 9.59 Å². The summed E-state index contributed by atoms with van der Waals surface area (Å²) in [5.41, 5.74) is 0.838. The number of carbonyl (C=O) groups excluding carboxylic acids is 2. The van der Waals surface area contributed by atoms with E-state index in [2.05, 4.69) is 21.2 Å². The third-order valence-electron chi connectivity index (χ3n) is 6.37. The molecule has 140 valence electrons. The summed E-state index contributed by atoms with van der Waals surface area (Å²) in [4.78, 5) is 24.8. The summed E-state index contributed by atoms with van der Waals surface area (Å²) < 4.78 is 6.37. The summed E-state index contributed by atoms with van der Waals surface area (Å²) in [5, 5.41) is 3.28. The second-order valence-corrected chi connectivity index (χ2v) is 9.54. The molecule has 4 aliphatic rings. The smallest absolute Gasteiger partial charge is 0.311 e. The second-order valence-electron chi connectivity index (χ2n) is 8.62. The van der Waals surface area contributed by atoms with Gasteiger partial charge in [-0.1, -0.05) is 28.1 Å². The standard InChI is InChI=1S/C21H26BrNO3/c1-13(26-19(24)9-14-2-4-18(22)5-3-14)20(25)23-21-10-15-6-16(11-21)8-17(7-15)12-21/h2-5,13,15-17H,6-12H2,1H3,(H,23,25)/t13-,15?,16?,17?,21?/m0/s1. The molecule has 1 amide bonds. The van der Waals surface area contributed by atoms with Crippen LogP contribution in [0.25, 0.3) is 0 Å². The van der Waals surface area contributed by atoms with Crippen molar-refractivity contribution in [3.8, 4) is 0 Å². The van der Waals surface area contributed by atoms with Gasteiger partial charge in [-0.2, -0.15) is 0 Å². The van der Waals surface area contributed by atoms with Crippen LogP contribution in [0.5, 0.6) is 0 Å². The van der Waals surface area contributed by atoms with Gasteiger partial charge in [0.1, 0.15) is 0 Å². The molecule has 1 atom stereocenters. The predicted octanol–water partition coefficient (Wildman–Crippen LogP) is 4.01. The molecule has 0 radical (unpaired) electrons. The van der Waals surface area contributed by atoms with Gasteiger partial charge in [0, 0.05) is 10.0 Å². The Morgan fingerprint density at radius 1 is 1.12 bits per heavy atom. The van der Waals surface area contributed by atoms with Crippen molar-refractivity contribution in [1.29, 1.82) is 0 Å². The van der Waals surface area contributed by atoms with Crippen LogP contribution in [-0.2, 0) is 20.7 Å². The Bertz CT molecular complexity index is 664. The molecule has 1 aromatic rings. The van der Waals surface area contributed by atoms with Crippen molar-refractivity contribution in [1.82, 2.24) is 5.32 Å². The van der Waals surface area contributed by atoms with Crippen molar-refractivity contribution in [3.05, 3.63) is 34.3 Å². The predicted molar refractivity (Wildman–Crippen MR) is 102 cm³/mol. The van der Waals surface area contributed by atoms with Crippen molar-refractivity contribution in [2.75, 3.05) is 0 Å². The molecular weight excluding hydrogens is 394 g/mol. The minimum absolute atomic E-state index is 0.0434. The van der Waals surface area contributed by atoms with Crippen molar-refractivity contribution in [2.24, 2.45) is 17.8 Å². The maximum atomic E-state index is 12.7. The van der Waals surface area contributed by atoms with Gasteiger partial charge < -0.3 is 10.1 Å². The number of carbonyl (C=O) groups is 2. The molecule has 1 N–H and O–H groups in total. The number of esters is 1. The summed E-state index contributed by atoms with van der Waals surface area (Å²) in [5.74, 6) is 1.82. The summed E-state index contributed by atoms with van der Waals surface area (Å²) in [7, 11) is 0. The lowest BCUT2D eigenvalue weighted by Gasteiger charge is -2.57. The van der Waals surface area contributed by atoms with Crippen molar-refractivity contribution >= 4 is 27.8 Å². The number of hydrogen-bond acceptors (Lipinski definition) is 3. The zero-order valence-electron chi connectivity index (χ0n) is 15.2. The molecule has 1 aromatic carbocycles. The number of halogens is 1. The molecule has 5 rings (SSSR count). The molecule has 4 fully saturated rings. The van der Waals surface area contributed by atoms with E-state index >= 15 is 0 Å². The Hall–Kier alpha value is -1.36. The van der Waals surface area contributed by atoms with Gasteiger partial charge in [0.05, 0.1) is 6.42 Å². The molecule has 0 heterocycles. The van der Waals surface area contributed by atoms with Crippen LogP contribution in [0.1, 0.15) is 51.0 Å². The summed E-state index contributed by atoms with van der Waals surface area (Å²) in [6, 6.07) is 7.55. The fourth-order valence-electron chi connectivity index (χ4n) is 5.69. The fraction of sp³-hybridized carbons (Fsp3) is 0.619. The Morgan fingerprint density at radius 2 is 1.65 bits per heavy atom. The number of amides is 1. The third-order valence-corrected chi connectivity index (χ3v) is 6.89. The highest BCUT2D eigenvalue weighted by molar-refractivity contribution is 9.10. The Morgan fingerprint density at radius 3 is 2.19 bits per heavy atom. The molecule has 0 spiro atoms. The van der Waals surface area contributed by atoms with Gasteiger partial charge >= 0.3 is 5.97 Å². The first-order valence-corrected chi connectivity index (χ1v) is 10.5. The lowest BCUT2D eigenvalue weighted by molar-refractivity contribution is -0.156. The SMILES string of the molecule is C[C@H](OC(=O)Cc1ccc(Br)cc1)C(=O)NC12CC3CC(CC(C3)C1)C2. The molecule has 5 heteroatoms. The van der Waals surface area contributed by atoms with Crippen molar-refractivity contribution in [3.63, 3.8) is 0 Å². The Balaban J connectivity index is 1.32. The highest BCUT2D eigenvalue weighted by atomic mass is 79.9. The van der Waals surface area contributed by atoms with Crippen LogP contribution in [0.4, 0.5) is 0 Å². The molecule has 0 aliphatic heterocycles. The van der Waals surface area contributed by atoms with Crippen LogP contribution in [0.3, 0.4) is 0 Å². The van der Waals surface area contributed by atoms with Crippen LogP contribution >= 0.6 is 15.9 Å². The van der Waals surface area contributed by atoms with Gasteiger partial charge in [-0.15, -0.1) is 0 Å². The first kappa shape index (κ1) is 18.0. The lowest BCUT2D eigenvalue weighted by atomic mass is 9.53. The van der Waals surface area contributed by atoms with E-state index in [1.165, 1.54) is 19.3 Å². The van der Waals surface area contributed by atoms with Crippen molar-refractivity contribution < 1.29 is 14.3 Å². The second kappa shape index (κ2) is 6.99. The van der Waals surface area contributed by atoms with E-state index in [9.17, 15) is 9.59 Å². The number of ether oxygens (including phenoxy) is 1. The zero-order chi connectivity index (χ0) is 18.3. The van der Waals surface area contributed by atoms with Crippen LogP contribution < -0.4 is 5.32 Å². The normalized spacial score (nSPS) is 32.9. The first-order chi connectivity index (χ1) is 12.4. The van der Waals surface area contributed by atoms with E-state index in [0.717, 1.165) is 47.1 Å². The van der Waals surface area contributed by atoms with Crippen LogP contribution in [0.15, 0.2) is 28.7 Å². The van der Waals surface area contributed by atoms with E-state index < -0.39 is 6.10 Å². The highest BCUT2D eigenvalue weighted by Gasteiger charge is 2.51. The van der Waals surface area contributed by atoms with E-state index in [-0.39, 0.29) is 23.8 Å². The molecule has 4 bridgehead atoms. The number of nitrogens with one attached hydrogen (secondary N) is 1. The number of benzene rings is 1. The zero-order valence-corrected chi connectivity index (χ0v) is 16.8. The molecule has 26 heavy (non-hydrogen) atoms. The van der Waals surface area contributed by atoms with E-state index in [0.29, 0.717) is 0 Å². The van der Waals surface area contributed by atoms with Gasteiger partial charge in [0.15, 0.2) is 6.10 Å². The van der Waals surface area contributed by atoms with Crippen molar-refractivity contribution in [2.45, 2.75) is 63.5 Å². The Labute approximate surface area is 163 Å². The van der Waals surface area contributed by atoms with E-state index in [4.69, 9.17) is 4.74 Å². The van der Waals surface area contributed by atoms with Crippen LogP contribution in [0.2, 0.25) is 0 Å². The topological polar surface area (TPSA) is 55.4 Å². The average molecular weight is 420 g/mol. The van der Waals surface area contributed by atoms with Gasteiger partial charge in [-0.05, 0) is 80.9 Å². The largest absolute Gasteiger partial charge is 0.452 e. The highest BCUT2D eigenvalue weighted by Crippen LogP contribution is 2.55. The molecule has 0 aromatic heterocycles. The van der Waals surface area contributed by atoms with Crippen LogP contribution in [-0.4, -0.2) is 23.5 Å².